The van der Waals surface area contributed by atoms with Gasteiger partial charge in [0, 0.05) is 18.6 Å². The minimum atomic E-state index is 0.781. The second kappa shape index (κ2) is 8.26. The van der Waals surface area contributed by atoms with E-state index in [-0.39, 0.29) is 0 Å². The van der Waals surface area contributed by atoms with Crippen LogP contribution in [0, 0.1) is 5.92 Å². The molecule has 0 aromatic rings. The summed E-state index contributed by atoms with van der Waals surface area (Å²) in [6.45, 7) is 8.53. The van der Waals surface area contributed by atoms with Crippen molar-refractivity contribution in [3.63, 3.8) is 0 Å². The molecule has 0 aromatic heterocycles. The first-order valence-electron chi connectivity index (χ1n) is 8.78. The van der Waals surface area contributed by atoms with Gasteiger partial charge in [-0.15, -0.1) is 0 Å². The van der Waals surface area contributed by atoms with Crippen molar-refractivity contribution in [2.45, 2.75) is 83.7 Å². The Bertz CT molecular complexity index is 241. The zero-order valence-electron chi connectivity index (χ0n) is 13.2. The van der Waals surface area contributed by atoms with E-state index in [1.165, 1.54) is 70.9 Å². The van der Waals surface area contributed by atoms with E-state index < -0.39 is 0 Å². The number of hydrogen-bond donors (Lipinski definition) is 1. The normalized spacial score (nSPS) is 34.7. The van der Waals surface area contributed by atoms with Crippen LogP contribution in [0.25, 0.3) is 0 Å². The van der Waals surface area contributed by atoms with Gasteiger partial charge in [-0.2, -0.15) is 0 Å². The molecule has 19 heavy (non-hydrogen) atoms. The highest BCUT2D eigenvalue weighted by Gasteiger charge is 2.27. The fourth-order valence-corrected chi connectivity index (χ4v) is 4.04. The van der Waals surface area contributed by atoms with Crippen molar-refractivity contribution in [3.05, 3.63) is 0 Å². The van der Waals surface area contributed by atoms with Gasteiger partial charge in [0.2, 0.25) is 0 Å². The lowest BCUT2D eigenvalue weighted by Gasteiger charge is -2.34. The van der Waals surface area contributed by atoms with Crippen LogP contribution in [0.5, 0.6) is 0 Å². The minimum Gasteiger partial charge on any atom is -0.314 e. The Balaban J connectivity index is 1.92. The lowest BCUT2D eigenvalue weighted by atomic mass is 9.93. The van der Waals surface area contributed by atoms with E-state index in [4.69, 9.17) is 0 Å². The van der Waals surface area contributed by atoms with Crippen LogP contribution in [0.4, 0.5) is 0 Å². The van der Waals surface area contributed by atoms with Gasteiger partial charge in [-0.25, -0.2) is 0 Å². The second-order valence-electron chi connectivity index (χ2n) is 6.76. The Morgan fingerprint density at radius 3 is 2.53 bits per heavy atom. The van der Waals surface area contributed by atoms with Crippen LogP contribution in [-0.4, -0.2) is 36.6 Å². The summed E-state index contributed by atoms with van der Waals surface area (Å²) in [5.41, 5.74) is 0. The molecule has 1 heterocycles. The molecule has 2 heteroatoms. The summed E-state index contributed by atoms with van der Waals surface area (Å²) in [5, 5.41) is 3.77. The minimum absolute atomic E-state index is 0.781. The van der Waals surface area contributed by atoms with Gasteiger partial charge in [0.05, 0.1) is 0 Å². The van der Waals surface area contributed by atoms with Crippen LogP contribution in [0.1, 0.15) is 71.6 Å². The van der Waals surface area contributed by atoms with E-state index in [1.54, 1.807) is 0 Å². The molecule has 1 aliphatic heterocycles. The third kappa shape index (κ3) is 4.75. The van der Waals surface area contributed by atoms with Crippen molar-refractivity contribution < 1.29 is 0 Å². The Labute approximate surface area is 120 Å². The Kier molecular flexibility index (Phi) is 6.66. The highest BCUT2D eigenvalue weighted by molar-refractivity contribution is 4.83. The van der Waals surface area contributed by atoms with E-state index in [9.17, 15) is 0 Å². The lowest BCUT2D eigenvalue weighted by Crippen LogP contribution is -2.44. The lowest BCUT2D eigenvalue weighted by molar-refractivity contribution is 0.156. The summed E-state index contributed by atoms with van der Waals surface area (Å²) < 4.78 is 0. The van der Waals surface area contributed by atoms with Gasteiger partial charge in [0.15, 0.2) is 0 Å². The van der Waals surface area contributed by atoms with Crippen LogP contribution >= 0.6 is 0 Å². The van der Waals surface area contributed by atoms with Crippen molar-refractivity contribution in [1.29, 1.82) is 0 Å². The van der Waals surface area contributed by atoms with Gasteiger partial charge in [0.1, 0.15) is 0 Å². The standard InChI is InChI=1S/C17H34N2/c1-3-18-17-12-8-4-7-11-16(17)14-19-13-9-5-6-10-15(19)2/h15-18H,3-14H2,1-2H3. The van der Waals surface area contributed by atoms with Crippen LogP contribution in [0.2, 0.25) is 0 Å². The summed E-state index contributed by atoms with van der Waals surface area (Å²) in [4.78, 5) is 2.80. The first-order valence-corrected chi connectivity index (χ1v) is 8.78. The Morgan fingerprint density at radius 2 is 1.68 bits per heavy atom. The Hall–Kier alpha value is -0.0800. The van der Waals surface area contributed by atoms with E-state index in [1.807, 2.05) is 0 Å². The fourth-order valence-electron chi connectivity index (χ4n) is 4.04. The largest absolute Gasteiger partial charge is 0.314 e. The van der Waals surface area contributed by atoms with Crippen molar-refractivity contribution in [1.82, 2.24) is 10.2 Å². The SMILES string of the molecule is CCNC1CCCCCC1CN1CCCCCC1C. The molecule has 2 fully saturated rings. The molecule has 3 unspecified atom stereocenters. The third-order valence-electron chi connectivity index (χ3n) is 5.28. The van der Waals surface area contributed by atoms with Gasteiger partial charge in [-0.3, -0.25) is 0 Å². The molecule has 3 atom stereocenters. The summed E-state index contributed by atoms with van der Waals surface area (Å²) in [5.74, 6) is 0.892. The molecular weight excluding hydrogens is 232 g/mol. The van der Waals surface area contributed by atoms with Gasteiger partial charge in [0.25, 0.3) is 0 Å². The quantitative estimate of drug-likeness (QED) is 0.778. The summed E-state index contributed by atoms with van der Waals surface area (Å²) in [7, 11) is 0. The number of nitrogens with one attached hydrogen (secondary N) is 1. The van der Waals surface area contributed by atoms with E-state index >= 15 is 0 Å². The predicted octanol–water partition coefficient (Wildman–Crippen LogP) is 3.81. The molecule has 0 radical (unpaired) electrons. The maximum absolute atomic E-state index is 3.77. The third-order valence-corrected chi connectivity index (χ3v) is 5.28. The summed E-state index contributed by atoms with van der Waals surface area (Å²) in [6, 6.07) is 1.59. The van der Waals surface area contributed by atoms with Crippen molar-refractivity contribution in [3.8, 4) is 0 Å². The number of nitrogens with zero attached hydrogens (tertiary/aromatic N) is 1. The smallest absolute Gasteiger partial charge is 0.0107 e. The highest BCUT2D eigenvalue weighted by atomic mass is 15.2. The van der Waals surface area contributed by atoms with Gasteiger partial charge in [-0.1, -0.05) is 39.0 Å². The fraction of sp³-hybridized carbons (Fsp3) is 1.00. The molecule has 0 spiro atoms. The van der Waals surface area contributed by atoms with E-state index in [0.29, 0.717) is 0 Å². The van der Waals surface area contributed by atoms with E-state index in [2.05, 4.69) is 24.1 Å². The molecule has 2 aliphatic rings. The van der Waals surface area contributed by atoms with Gasteiger partial charge < -0.3 is 10.2 Å². The molecule has 0 aromatic carbocycles. The molecule has 1 aliphatic carbocycles. The monoisotopic (exact) mass is 266 g/mol. The molecule has 2 nitrogen and oxygen atoms in total. The van der Waals surface area contributed by atoms with Gasteiger partial charge in [-0.05, 0) is 51.6 Å². The average Bonchev–Trinajstić information content (AvgIpc) is 2.73. The molecule has 1 saturated carbocycles. The molecule has 1 N–H and O–H groups in total. The maximum Gasteiger partial charge on any atom is 0.0107 e. The van der Waals surface area contributed by atoms with Crippen LogP contribution in [0.15, 0.2) is 0 Å². The van der Waals surface area contributed by atoms with Crippen molar-refractivity contribution >= 4 is 0 Å². The maximum atomic E-state index is 3.77. The first kappa shape index (κ1) is 15.3. The van der Waals surface area contributed by atoms with Crippen LogP contribution in [0.3, 0.4) is 0 Å². The Morgan fingerprint density at radius 1 is 0.947 bits per heavy atom. The number of hydrogen-bond acceptors (Lipinski definition) is 2. The average molecular weight is 266 g/mol. The molecule has 2 rings (SSSR count). The van der Waals surface area contributed by atoms with Crippen LogP contribution < -0.4 is 5.32 Å². The van der Waals surface area contributed by atoms with Crippen molar-refractivity contribution in [2.24, 2.45) is 5.92 Å². The zero-order chi connectivity index (χ0) is 13.5. The topological polar surface area (TPSA) is 15.3 Å². The molecule has 0 amide bonds. The number of rotatable bonds is 4. The van der Waals surface area contributed by atoms with Crippen LogP contribution in [-0.2, 0) is 0 Å². The summed E-state index contributed by atoms with van der Waals surface area (Å²) >= 11 is 0. The first-order chi connectivity index (χ1) is 9.31. The zero-order valence-corrected chi connectivity index (χ0v) is 13.2. The number of likely N-dealkylation sites (tertiary alicyclic amines) is 1. The molecule has 112 valence electrons. The molecule has 1 saturated heterocycles. The summed E-state index contributed by atoms with van der Waals surface area (Å²) in [6.07, 6.45) is 12.9. The molecular formula is C17H34N2. The van der Waals surface area contributed by atoms with Crippen molar-refractivity contribution in [2.75, 3.05) is 19.6 Å². The second-order valence-corrected chi connectivity index (χ2v) is 6.76. The molecule has 0 bridgehead atoms. The highest BCUT2D eigenvalue weighted by Crippen LogP contribution is 2.26. The predicted molar refractivity (Wildman–Crippen MR) is 83.5 cm³/mol. The van der Waals surface area contributed by atoms with Gasteiger partial charge >= 0.3 is 0 Å². The van der Waals surface area contributed by atoms with E-state index in [0.717, 1.165) is 24.5 Å².